The molecule has 3 aromatic carbocycles. The van der Waals surface area contributed by atoms with Gasteiger partial charge in [-0.2, -0.15) is 0 Å². The van der Waals surface area contributed by atoms with Gasteiger partial charge < -0.3 is 25.6 Å². The Morgan fingerprint density at radius 1 is 0.971 bits per heavy atom. The summed E-state index contributed by atoms with van der Waals surface area (Å²) in [6.07, 6.45) is 2.13. The van der Waals surface area contributed by atoms with Gasteiger partial charge in [-0.25, -0.2) is 9.18 Å². The molecule has 1 heterocycles. The molecule has 8 heteroatoms. The van der Waals surface area contributed by atoms with Gasteiger partial charge in [-0.15, -0.1) is 0 Å². The van der Waals surface area contributed by atoms with Crippen molar-refractivity contribution in [3.8, 4) is 5.75 Å². The molecule has 0 aliphatic carbocycles. The molecule has 0 bridgehead atoms. The number of urea groups is 1. The van der Waals surface area contributed by atoms with Crippen LogP contribution in [0.1, 0.15) is 28.8 Å². The fourth-order valence-electron chi connectivity index (χ4n) is 3.99. The number of anilines is 3. The Morgan fingerprint density at radius 3 is 2.53 bits per heavy atom. The lowest BCUT2D eigenvalue weighted by Crippen LogP contribution is -2.26. The highest BCUT2D eigenvalue weighted by Crippen LogP contribution is 2.30. The Kier molecular flexibility index (Phi) is 7.27. The second kappa shape index (κ2) is 10.7. The summed E-state index contributed by atoms with van der Waals surface area (Å²) in [7, 11) is 1.59. The SMILES string of the molecule is COc1ccccc1CNC(=O)c1ccc(N2CCCC2)c(NC(=O)Nc2cccc(F)c2)c1. The summed E-state index contributed by atoms with van der Waals surface area (Å²) in [5, 5.41) is 8.37. The second-order valence-corrected chi connectivity index (χ2v) is 8.01. The van der Waals surface area contributed by atoms with E-state index in [2.05, 4.69) is 20.9 Å². The zero-order chi connectivity index (χ0) is 23.9. The molecule has 0 aromatic heterocycles. The van der Waals surface area contributed by atoms with E-state index in [1.807, 2.05) is 30.3 Å². The highest BCUT2D eigenvalue weighted by molar-refractivity contribution is 6.04. The van der Waals surface area contributed by atoms with Crippen LogP contribution in [0.4, 0.5) is 26.2 Å². The molecule has 1 saturated heterocycles. The van der Waals surface area contributed by atoms with E-state index in [0.29, 0.717) is 29.2 Å². The Hall–Kier alpha value is -4.07. The van der Waals surface area contributed by atoms with Crippen LogP contribution in [0.25, 0.3) is 0 Å². The van der Waals surface area contributed by atoms with Gasteiger partial charge >= 0.3 is 6.03 Å². The van der Waals surface area contributed by atoms with Crippen LogP contribution >= 0.6 is 0 Å². The Bertz CT molecular complexity index is 1180. The minimum atomic E-state index is -0.516. The zero-order valence-corrected chi connectivity index (χ0v) is 18.9. The van der Waals surface area contributed by atoms with Crippen molar-refractivity contribution in [1.82, 2.24) is 5.32 Å². The number of rotatable bonds is 7. The van der Waals surface area contributed by atoms with Crippen molar-refractivity contribution >= 4 is 29.0 Å². The van der Waals surface area contributed by atoms with Gasteiger partial charge in [0.15, 0.2) is 0 Å². The second-order valence-electron chi connectivity index (χ2n) is 8.01. The summed E-state index contributed by atoms with van der Waals surface area (Å²) < 4.78 is 18.8. The third-order valence-corrected chi connectivity index (χ3v) is 5.67. The van der Waals surface area contributed by atoms with E-state index in [0.717, 1.165) is 37.2 Å². The first-order valence-corrected chi connectivity index (χ1v) is 11.2. The van der Waals surface area contributed by atoms with Crippen molar-refractivity contribution in [2.24, 2.45) is 0 Å². The lowest BCUT2D eigenvalue weighted by Gasteiger charge is -2.22. The first-order valence-electron chi connectivity index (χ1n) is 11.2. The van der Waals surface area contributed by atoms with Crippen LogP contribution in [0, 0.1) is 5.82 Å². The molecule has 7 nitrogen and oxygen atoms in total. The molecule has 1 fully saturated rings. The number of hydrogen-bond acceptors (Lipinski definition) is 4. The molecular formula is C26H27FN4O3. The average Bonchev–Trinajstić information content (AvgIpc) is 3.37. The quantitative estimate of drug-likeness (QED) is 0.461. The number of amides is 3. The van der Waals surface area contributed by atoms with Gasteiger partial charge in [0.05, 0.1) is 18.5 Å². The topological polar surface area (TPSA) is 82.7 Å². The number of nitrogens with zero attached hydrogens (tertiary/aromatic N) is 1. The average molecular weight is 463 g/mol. The van der Waals surface area contributed by atoms with E-state index in [-0.39, 0.29) is 5.91 Å². The van der Waals surface area contributed by atoms with E-state index in [1.165, 1.54) is 18.2 Å². The number of carbonyl (C=O) groups is 2. The van der Waals surface area contributed by atoms with Gasteiger partial charge in [0.25, 0.3) is 5.91 Å². The number of hydrogen-bond donors (Lipinski definition) is 3. The summed E-state index contributed by atoms with van der Waals surface area (Å²) in [6.45, 7) is 2.05. The van der Waals surface area contributed by atoms with Crippen molar-refractivity contribution < 1.29 is 18.7 Å². The van der Waals surface area contributed by atoms with Crippen LogP contribution in [0.5, 0.6) is 5.75 Å². The lowest BCUT2D eigenvalue weighted by molar-refractivity contribution is 0.0950. The van der Waals surface area contributed by atoms with Crippen LogP contribution in [-0.4, -0.2) is 32.1 Å². The third-order valence-electron chi connectivity index (χ3n) is 5.67. The Balaban J connectivity index is 1.51. The first-order chi connectivity index (χ1) is 16.5. The van der Waals surface area contributed by atoms with E-state index in [1.54, 1.807) is 25.3 Å². The summed E-state index contributed by atoms with van der Waals surface area (Å²) in [6, 6.07) is 17.9. The summed E-state index contributed by atoms with van der Waals surface area (Å²) >= 11 is 0. The molecule has 0 saturated carbocycles. The van der Waals surface area contributed by atoms with E-state index >= 15 is 0 Å². The van der Waals surface area contributed by atoms with Crippen molar-refractivity contribution in [2.75, 3.05) is 35.7 Å². The molecule has 34 heavy (non-hydrogen) atoms. The number of benzene rings is 3. The highest BCUT2D eigenvalue weighted by atomic mass is 19.1. The number of halogens is 1. The monoisotopic (exact) mass is 462 g/mol. The largest absolute Gasteiger partial charge is 0.496 e. The predicted molar refractivity (Wildman–Crippen MR) is 131 cm³/mol. The van der Waals surface area contributed by atoms with Crippen molar-refractivity contribution in [1.29, 1.82) is 0 Å². The maximum Gasteiger partial charge on any atom is 0.323 e. The van der Waals surface area contributed by atoms with Crippen molar-refractivity contribution in [3.05, 3.63) is 83.7 Å². The van der Waals surface area contributed by atoms with Crippen LogP contribution in [-0.2, 0) is 6.54 Å². The molecule has 0 radical (unpaired) electrons. The highest BCUT2D eigenvalue weighted by Gasteiger charge is 2.19. The van der Waals surface area contributed by atoms with E-state index in [9.17, 15) is 14.0 Å². The Labute approximate surface area is 197 Å². The minimum Gasteiger partial charge on any atom is -0.496 e. The van der Waals surface area contributed by atoms with Gasteiger partial charge in [0.1, 0.15) is 11.6 Å². The molecule has 1 aliphatic rings. The standard InChI is InChI=1S/C26H27FN4O3/c1-34-24-10-3-2-7-19(24)17-28-25(32)18-11-12-23(31-13-4-5-14-31)22(15-18)30-26(33)29-21-9-6-8-20(27)16-21/h2-3,6-12,15-16H,4-5,13-14,17H2,1H3,(H,28,32)(H2,29,30,33). The molecular weight excluding hydrogens is 435 g/mol. The summed E-state index contributed by atoms with van der Waals surface area (Å²) in [5.41, 5.74) is 2.97. The molecule has 176 valence electrons. The van der Waals surface area contributed by atoms with Crippen LogP contribution in [0.2, 0.25) is 0 Å². The number of methoxy groups -OCH3 is 1. The molecule has 3 aromatic rings. The molecule has 0 spiro atoms. The van der Waals surface area contributed by atoms with Crippen LogP contribution in [0.3, 0.4) is 0 Å². The summed E-state index contributed by atoms with van der Waals surface area (Å²) in [5.74, 6) is -0.0136. The molecule has 1 aliphatic heterocycles. The van der Waals surface area contributed by atoms with Crippen LogP contribution in [0.15, 0.2) is 66.7 Å². The molecule has 4 rings (SSSR count). The number of para-hydroxylation sites is 1. The number of ether oxygens (including phenoxy) is 1. The number of nitrogens with one attached hydrogen (secondary N) is 3. The van der Waals surface area contributed by atoms with Crippen molar-refractivity contribution in [2.45, 2.75) is 19.4 Å². The third kappa shape index (κ3) is 5.64. The normalized spacial score (nSPS) is 12.8. The predicted octanol–water partition coefficient (Wildman–Crippen LogP) is 5.01. The van der Waals surface area contributed by atoms with Gasteiger partial charge in [0.2, 0.25) is 0 Å². The fraction of sp³-hybridized carbons (Fsp3) is 0.231. The molecule has 3 amide bonds. The smallest absolute Gasteiger partial charge is 0.323 e. The van der Waals surface area contributed by atoms with Gasteiger partial charge in [0, 0.05) is 36.4 Å². The maximum absolute atomic E-state index is 13.5. The Morgan fingerprint density at radius 2 is 1.76 bits per heavy atom. The zero-order valence-electron chi connectivity index (χ0n) is 18.9. The lowest BCUT2D eigenvalue weighted by atomic mass is 10.1. The van der Waals surface area contributed by atoms with Gasteiger partial charge in [-0.05, 0) is 55.3 Å². The van der Waals surface area contributed by atoms with Gasteiger partial charge in [-0.3, -0.25) is 4.79 Å². The maximum atomic E-state index is 13.5. The van der Waals surface area contributed by atoms with E-state index < -0.39 is 11.8 Å². The molecule has 3 N–H and O–H groups in total. The summed E-state index contributed by atoms with van der Waals surface area (Å²) in [4.78, 5) is 27.7. The van der Waals surface area contributed by atoms with Crippen molar-refractivity contribution in [3.63, 3.8) is 0 Å². The fourth-order valence-corrected chi connectivity index (χ4v) is 3.99. The van der Waals surface area contributed by atoms with Crippen LogP contribution < -0.4 is 25.6 Å². The number of carbonyl (C=O) groups excluding carboxylic acids is 2. The van der Waals surface area contributed by atoms with Gasteiger partial charge in [-0.1, -0.05) is 24.3 Å². The van der Waals surface area contributed by atoms with E-state index in [4.69, 9.17) is 4.74 Å². The molecule has 0 unspecified atom stereocenters. The molecule has 0 atom stereocenters. The first kappa shape index (κ1) is 23.1. The minimum absolute atomic E-state index is 0.271.